The molecule has 1 saturated carbocycles. The van der Waals surface area contributed by atoms with Crippen molar-refractivity contribution in [2.45, 2.75) is 47.0 Å². The maximum atomic E-state index is 13.3. The number of rotatable bonds is 9. The number of fused-ring (bicyclic) bond motifs is 1. The van der Waals surface area contributed by atoms with Crippen LogP contribution in [0, 0.1) is 30.2 Å². The smallest absolute Gasteiger partial charge is 0.415 e. The molecule has 0 aliphatic heterocycles. The molecule has 3 amide bonds. The molecule has 41 heavy (non-hydrogen) atoms. The first kappa shape index (κ1) is 29.8. The van der Waals surface area contributed by atoms with Gasteiger partial charge >= 0.3 is 12.1 Å². The van der Waals surface area contributed by atoms with Crippen molar-refractivity contribution >= 4 is 29.4 Å². The van der Waals surface area contributed by atoms with Crippen LogP contribution in [0.5, 0.6) is 11.6 Å². The van der Waals surface area contributed by atoms with Crippen LogP contribution in [0.1, 0.15) is 46.1 Å². The number of anilines is 1. The molecular formula is C30H41N7O4. The van der Waals surface area contributed by atoms with Crippen LogP contribution in [0.3, 0.4) is 0 Å². The molecule has 0 spiro atoms. The summed E-state index contributed by atoms with van der Waals surface area (Å²) in [7, 11) is 3.27. The van der Waals surface area contributed by atoms with Crippen molar-refractivity contribution in [1.29, 1.82) is 0 Å². The highest BCUT2D eigenvalue weighted by Crippen LogP contribution is 2.44. The number of amides is 3. The van der Waals surface area contributed by atoms with Gasteiger partial charge in [0.15, 0.2) is 5.65 Å². The maximum absolute atomic E-state index is 13.3. The summed E-state index contributed by atoms with van der Waals surface area (Å²) in [5.74, 6) is 2.94. The highest BCUT2D eigenvalue weighted by Gasteiger charge is 2.35. The van der Waals surface area contributed by atoms with Gasteiger partial charge in [-0.1, -0.05) is 39.0 Å². The Morgan fingerprint density at radius 2 is 1.85 bits per heavy atom. The number of ether oxygens (including phenoxy) is 2. The molecule has 0 radical (unpaired) electrons. The number of carbonyl (C=O) groups excluding carboxylic acids is 2. The Kier molecular flexibility index (Phi) is 9.42. The molecule has 2 atom stereocenters. The van der Waals surface area contributed by atoms with E-state index in [4.69, 9.17) is 16.0 Å². The van der Waals surface area contributed by atoms with Crippen molar-refractivity contribution in [1.82, 2.24) is 24.4 Å². The lowest BCUT2D eigenvalue weighted by Gasteiger charge is -2.38. The fourth-order valence-electron chi connectivity index (χ4n) is 5.93. The van der Waals surface area contributed by atoms with E-state index in [1.807, 2.05) is 37.3 Å². The highest BCUT2D eigenvalue weighted by molar-refractivity contribution is 5.88. The largest absolute Gasteiger partial charge is 0.492 e. The molecular weight excluding hydrogens is 522 g/mol. The lowest BCUT2D eigenvalue weighted by atomic mass is 9.67. The number of benzene rings is 1. The van der Waals surface area contributed by atoms with E-state index in [1.165, 1.54) is 14.3 Å². The Bertz CT molecular complexity index is 1380. The summed E-state index contributed by atoms with van der Waals surface area (Å²) < 4.78 is 13.2. The standard InChI is InChI=1S/C30H41N7O4/c1-8-36(14-15-40-22-12-10-9-11-13-22)30(39)41-27-25(31-5)24(18-23-20(3)16-19(2)17-21(23)4)26-32-28(34-37(26)27)33-29(38)35(6)7/h9-13,19-21,23H,8,14-18H2,1-4,6-7H3,(H2,32,33,34,38). The van der Waals surface area contributed by atoms with E-state index in [0.29, 0.717) is 48.8 Å². The number of para-hydroxylation sites is 1. The summed E-state index contributed by atoms with van der Waals surface area (Å²) in [6, 6.07) is 9.04. The number of hydrogen-bond donors (Lipinski definition) is 2. The van der Waals surface area contributed by atoms with Crippen LogP contribution in [0.25, 0.3) is 10.5 Å². The van der Waals surface area contributed by atoms with Crippen molar-refractivity contribution in [2.75, 3.05) is 39.1 Å². The van der Waals surface area contributed by atoms with Gasteiger partial charge in [0.2, 0.25) is 11.8 Å². The van der Waals surface area contributed by atoms with Crippen molar-refractivity contribution < 1.29 is 19.1 Å². The second-order valence-electron chi connectivity index (χ2n) is 11.3. The molecule has 2 N–H and O–H groups in total. The Balaban J connectivity index is 1.63. The number of H-pyrrole nitrogens is 1. The van der Waals surface area contributed by atoms with Gasteiger partial charge < -0.3 is 19.3 Å². The van der Waals surface area contributed by atoms with Gasteiger partial charge in [0.05, 0.1) is 13.1 Å². The number of carbonyl (C=O) groups is 2. The summed E-state index contributed by atoms with van der Waals surface area (Å²) in [5.41, 5.74) is 1.46. The summed E-state index contributed by atoms with van der Waals surface area (Å²) >= 11 is 0. The fraction of sp³-hybridized carbons (Fsp3) is 0.533. The predicted octanol–water partition coefficient (Wildman–Crippen LogP) is 6.07. The molecule has 1 fully saturated rings. The van der Waals surface area contributed by atoms with E-state index < -0.39 is 6.09 Å². The van der Waals surface area contributed by atoms with E-state index in [0.717, 1.165) is 24.2 Å². The first-order chi connectivity index (χ1) is 19.6. The average molecular weight is 564 g/mol. The summed E-state index contributed by atoms with van der Waals surface area (Å²) in [6.07, 6.45) is 2.29. The molecule has 2 aromatic heterocycles. The van der Waals surface area contributed by atoms with Crippen molar-refractivity contribution in [3.8, 4) is 11.6 Å². The zero-order valence-electron chi connectivity index (χ0n) is 24.8. The number of hydrogen-bond acceptors (Lipinski definition) is 5. The molecule has 1 aromatic carbocycles. The molecule has 2 unspecified atom stereocenters. The zero-order chi connectivity index (χ0) is 29.7. The first-order valence-corrected chi connectivity index (χ1v) is 14.3. The minimum absolute atomic E-state index is 0.0692. The number of aromatic nitrogens is 3. The summed E-state index contributed by atoms with van der Waals surface area (Å²) in [6.45, 7) is 17.7. The third-order valence-electron chi connectivity index (χ3n) is 8.00. The minimum atomic E-state index is -0.596. The van der Waals surface area contributed by atoms with E-state index >= 15 is 0 Å². The number of urea groups is 1. The number of aromatic amines is 1. The van der Waals surface area contributed by atoms with Crippen LogP contribution in [0.4, 0.5) is 21.2 Å². The van der Waals surface area contributed by atoms with Crippen LogP contribution < -0.4 is 14.8 Å². The first-order valence-electron chi connectivity index (χ1n) is 14.3. The van der Waals surface area contributed by atoms with Crippen molar-refractivity contribution in [2.24, 2.45) is 23.7 Å². The van der Waals surface area contributed by atoms with Gasteiger partial charge in [0, 0.05) is 26.2 Å². The Morgan fingerprint density at radius 1 is 1.17 bits per heavy atom. The minimum Gasteiger partial charge on any atom is -0.492 e. The van der Waals surface area contributed by atoms with Crippen LogP contribution in [-0.2, 0) is 6.42 Å². The molecule has 2 heterocycles. The number of nitrogens with one attached hydrogen (secondary N) is 2. The third kappa shape index (κ3) is 6.76. The predicted molar refractivity (Wildman–Crippen MR) is 158 cm³/mol. The fourth-order valence-corrected chi connectivity index (χ4v) is 5.93. The second kappa shape index (κ2) is 13.0. The lowest BCUT2D eigenvalue weighted by molar-refractivity contribution is 0.136. The van der Waals surface area contributed by atoms with Gasteiger partial charge in [0.25, 0.3) is 5.69 Å². The third-order valence-corrected chi connectivity index (χ3v) is 8.00. The normalized spacial score (nSPS) is 20.3. The molecule has 11 nitrogen and oxygen atoms in total. The average Bonchev–Trinajstić information content (AvgIpc) is 3.45. The molecule has 4 rings (SSSR count). The van der Waals surface area contributed by atoms with E-state index in [1.54, 1.807) is 14.1 Å². The lowest BCUT2D eigenvalue weighted by Crippen LogP contribution is -2.36. The molecule has 1 aliphatic carbocycles. The molecule has 3 aromatic rings. The summed E-state index contributed by atoms with van der Waals surface area (Å²) in [5, 5.41) is 5.74. The molecule has 0 bridgehead atoms. The molecule has 1 aliphatic rings. The Labute approximate surface area is 241 Å². The van der Waals surface area contributed by atoms with E-state index in [-0.39, 0.29) is 30.2 Å². The van der Waals surface area contributed by atoms with Crippen LogP contribution >= 0.6 is 0 Å². The SMILES string of the molecule is [C-]#[N+]c1c(CC2C(C)CC(C)CC2C)c2nc(NC(=O)N(C)C)[nH]n2c1OC(=O)N(CC)CCOc1ccccc1. The number of likely N-dealkylation sites (N-methyl/N-ethyl adjacent to an activating group) is 1. The van der Waals surface area contributed by atoms with E-state index in [9.17, 15) is 9.59 Å². The quantitative estimate of drug-likeness (QED) is 0.307. The molecule has 11 heteroatoms. The molecule has 0 saturated heterocycles. The van der Waals surface area contributed by atoms with Gasteiger partial charge in [-0.25, -0.2) is 18.9 Å². The van der Waals surface area contributed by atoms with Crippen LogP contribution in [0.15, 0.2) is 30.3 Å². The Hall–Kier alpha value is -4.20. The zero-order valence-corrected chi connectivity index (χ0v) is 24.8. The van der Waals surface area contributed by atoms with Gasteiger partial charge in [-0.05, 0) is 62.0 Å². The van der Waals surface area contributed by atoms with Crippen molar-refractivity contribution in [3.05, 3.63) is 47.3 Å². The second-order valence-corrected chi connectivity index (χ2v) is 11.3. The Morgan fingerprint density at radius 3 is 2.46 bits per heavy atom. The molecule has 220 valence electrons. The monoisotopic (exact) mass is 563 g/mol. The number of nitrogens with zero attached hydrogens (tertiary/aromatic N) is 5. The topological polar surface area (TPSA) is 109 Å². The summed E-state index contributed by atoms with van der Waals surface area (Å²) in [4.78, 5) is 37.0. The van der Waals surface area contributed by atoms with Gasteiger partial charge in [-0.2, -0.15) is 4.98 Å². The highest BCUT2D eigenvalue weighted by atomic mass is 16.6. The van der Waals surface area contributed by atoms with Crippen molar-refractivity contribution in [3.63, 3.8) is 0 Å². The van der Waals surface area contributed by atoms with Gasteiger partial charge in [0.1, 0.15) is 12.4 Å². The van der Waals surface area contributed by atoms with Gasteiger partial charge in [-0.15, -0.1) is 0 Å². The maximum Gasteiger partial charge on any atom is 0.415 e. The van der Waals surface area contributed by atoms with E-state index in [2.05, 4.69) is 41.0 Å². The van der Waals surface area contributed by atoms with Crippen LogP contribution in [0.2, 0.25) is 0 Å². The van der Waals surface area contributed by atoms with Gasteiger partial charge in [-0.3, -0.25) is 10.4 Å². The van der Waals surface area contributed by atoms with Crippen LogP contribution in [-0.4, -0.2) is 70.3 Å².